The van der Waals surface area contributed by atoms with Gasteiger partial charge in [-0.2, -0.15) is 13.2 Å². The first kappa shape index (κ1) is 18.0. The molecule has 1 N–H and O–H groups in total. The molecule has 7 nitrogen and oxygen atoms in total. The Morgan fingerprint density at radius 3 is 2.69 bits per heavy atom. The number of nitro benzene ring substituents is 1. The molecule has 0 atom stereocenters. The molecule has 0 saturated carbocycles. The van der Waals surface area contributed by atoms with Gasteiger partial charge in [0.05, 0.1) is 10.3 Å². The second-order valence-corrected chi connectivity index (χ2v) is 6.11. The summed E-state index contributed by atoms with van der Waals surface area (Å²) in [6, 6.07) is 7.30. The highest BCUT2D eigenvalue weighted by atomic mass is 79.9. The van der Waals surface area contributed by atoms with Crippen molar-refractivity contribution in [2.75, 3.05) is 5.32 Å². The van der Waals surface area contributed by atoms with Gasteiger partial charge in [-0.05, 0) is 27.6 Å². The van der Waals surface area contributed by atoms with Crippen molar-refractivity contribution in [3.05, 3.63) is 62.5 Å². The van der Waals surface area contributed by atoms with E-state index in [0.717, 1.165) is 0 Å². The summed E-state index contributed by atoms with van der Waals surface area (Å²) in [6.45, 7) is 0.0393. The molecule has 0 aliphatic rings. The SMILES string of the molecule is O=[N+]([O-])c1cccc(CNc2nc(C(F)(F)F)nc3ncc(Br)cc23)c1. The van der Waals surface area contributed by atoms with Crippen LogP contribution in [0.1, 0.15) is 11.4 Å². The molecule has 0 amide bonds. The number of fused-ring (bicyclic) bond motifs is 1. The molecule has 0 unspecified atom stereocenters. The van der Waals surface area contributed by atoms with E-state index in [9.17, 15) is 23.3 Å². The average molecular weight is 428 g/mol. The molecule has 134 valence electrons. The molecule has 11 heteroatoms. The normalized spacial score (nSPS) is 11.5. The lowest BCUT2D eigenvalue weighted by Crippen LogP contribution is -2.14. The zero-order chi connectivity index (χ0) is 18.9. The third-order valence-electron chi connectivity index (χ3n) is 3.35. The fourth-order valence-electron chi connectivity index (χ4n) is 2.21. The van der Waals surface area contributed by atoms with E-state index in [1.54, 1.807) is 6.07 Å². The van der Waals surface area contributed by atoms with Gasteiger partial charge in [-0.15, -0.1) is 0 Å². The molecule has 0 fully saturated rings. The Bertz CT molecular complexity index is 997. The lowest BCUT2D eigenvalue weighted by molar-refractivity contribution is -0.384. The summed E-state index contributed by atoms with van der Waals surface area (Å²) >= 11 is 3.20. The lowest BCUT2D eigenvalue weighted by atomic mass is 10.2. The molecule has 0 bridgehead atoms. The molecule has 26 heavy (non-hydrogen) atoms. The number of anilines is 1. The van der Waals surface area contributed by atoms with Crippen molar-refractivity contribution in [2.45, 2.75) is 12.7 Å². The van der Waals surface area contributed by atoms with Crippen LogP contribution < -0.4 is 5.32 Å². The standard InChI is InChI=1S/C15H9BrF3N5O2/c16-9-5-11-12(20-6-8-2-1-3-10(4-8)24(25)26)22-14(15(17,18)19)23-13(11)21-7-9/h1-5,7H,6H2,(H,20,21,22,23). The number of pyridine rings is 1. The van der Waals surface area contributed by atoms with Gasteiger partial charge in [-0.3, -0.25) is 10.1 Å². The predicted octanol–water partition coefficient (Wildman–Crippen LogP) is 4.33. The number of benzene rings is 1. The summed E-state index contributed by atoms with van der Waals surface area (Å²) in [5.41, 5.74) is 0.289. The fraction of sp³-hybridized carbons (Fsp3) is 0.133. The van der Waals surface area contributed by atoms with Crippen LogP contribution >= 0.6 is 15.9 Å². The maximum absolute atomic E-state index is 13.0. The Morgan fingerprint density at radius 2 is 2.00 bits per heavy atom. The molecular formula is C15H9BrF3N5O2. The summed E-state index contributed by atoms with van der Waals surface area (Å²) in [7, 11) is 0. The second-order valence-electron chi connectivity index (χ2n) is 5.20. The van der Waals surface area contributed by atoms with Crippen LogP contribution in [0, 0.1) is 10.1 Å². The first-order chi connectivity index (χ1) is 12.2. The van der Waals surface area contributed by atoms with Gasteiger partial charge in [-0.25, -0.2) is 15.0 Å². The highest BCUT2D eigenvalue weighted by Crippen LogP contribution is 2.31. The first-order valence-corrected chi connectivity index (χ1v) is 7.91. The minimum absolute atomic E-state index is 0.0393. The second kappa shape index (κ2) is 6.83. The van der Waals surface area contributed by atoms with Gasteiger partial charge in [0.15, 0.2) is 5.65 Å². The minimum Gasteiger partial charge on any atom is -0.365 e. The number of halogens is 4. The van der Waals surface area contributed by atoms with Crippen LogP contribution in [0.5, 0.6) is 0 Å². The summed E-state index contributed by atoms with van der Waals surface area (Å²) in [6.07, 6.45) is -3.40. The quantitative estimate of drug-likeness (QED) is 0.491. The van der Waals surface area contributed by atoms with Crippen LogP contribution in [0.2, 0.25) is 0 Å². The smallest absolute Gasteiger partial charge is 0.365 e. The lowest BCUT2D eigenvalue weighted by Gasteiger charge is -2.12. The van der Waals surface area contributed by atoms with Crippen molar-refractivity contribution in [1.82, 2.24) is 15.0 Å². The minimum atomic E-state index is -4.73. The zero-order valence-corrected chi connectivity index (χ0v) is 14.4. The average Bonchev–Trinajstić information content (AvgIpc) is 2.59. The molecule has 0 radical (unpaired) electrons. The number of non-ortho nitro benzene ring substituents is 1. The fourth-order valence-corrected chi connectivity index (χ4v) is 2.55. The monoisotopic (exact) mass is 427 g/mol. The molecule has 0 aliphatic carbocycles. The Kier molecular flexibility index (Phi) is 4.72. The molecule has 0 saturated heterocycles. The molecule has 2 heterocycles. The maximum Gasteiger partial charge on any atom is 0.451 e. The highest BCUT2D eigenvalue weighted by Gasteiger charge is 2.35. The van der Waals surface area contributed by atoms with E-state index in [2.05, 4.69) is 36.2 Å². The Hall–Kier alpha value is -2.82. The highest BCUT2D eigenvalue weighted by molar-refractivity contribution is 9.10. The van der Waals surface area contributed by atoms with Crippen LogP contribution in [-0.2, 0) is 12.7 Å². The number of nitrogens with one attached hydrogen (secondary N) is 1. The molecule has 1 aromatic carbocycles. The van der Waals surface area contributed by atoms with Crippen molar-refractivity contribution in [3.8, 4) is 0 Å². The van der Waals surface area contributed by atoms with Crippen LogP contribution in [0.25, 0.3) is 11.0 Å². The van der Waals surface area contributed by atoms with Crippen molar-refractivity contribution in [2.24, 2.45) is 0 Å². The number of nitrogens with zero attached hydrogens (tertiary/aromatic N) is 4. The van der Waals surface area contributed by atoms with Crippen LogP contribution in [0.4, 0.5) is 24.7 Å². The number of aromatic nitrogens is 3. The molecule has 3 rings (SSSR count). The van der Waals surface area contributed by atoms with Gasteiger partial charge in [0, 0.05) is 29.3 Å². The number of rotatable bonds is 4. The summed E-state index contributed by atoms with van der Waals surface area (Å²) < 4.78 is 39.6. The van der Waals surface area contributed by atoms with Crippen molar-refractivity contribution >= 4 is 38.5 Å². The van der Waals surface area contributed by atoms with E-state index in [4.69, 9.17) is 0 Å². The van der Waals surface area contributed by atoms with Crippen LogP contribution in [-0.4, -0.2) is 19.9 Å². The van der Waals surface area contributed by atoms with Gasteiger partial charge >= 0.3 is 6.18 Å². The van der Waals surface area contributed by atoms with Crippen molar-refractivity contribution in [1.29, 1.82) is 0 Å². The number of nitro groups is 1. The maximum atomic E-state index is 13.0. The van der Waals surface area contributed by atoms with E-state index in [-0.39, 0.29) is 29.1 Å². The predicted molar refractivity (Wildman–Crippen MR) is 90.5 cm³/mol. The van der Waals surface area contributed by atoms with E-state index < -0.39 is 16.9 Å². The van der Waals surface area contributed by atoms with Gasteiger partial charge in [0.2, 0.25) is 5.82 Å². The zero-order valence-electron chi connectivity index (χ0n) is 12.8. The third-order valence-corrected chi connectivity index (χ3v) is 3.79. The summed E-state index contributed by atoms with van der Waals surface area (Å²) in [5, 5.41) is 13.9. The van der Waals surface area contributed by atoms with Gasteiger partial charge in [0.1, 0.15) is 5.82 Å². The van der Waals surface area contributed by atoms with E-state index >= 15 is 0 Å². The molecule has 0 aliphatic heterocycles. The van der Waals surface area contributed by atoms with E-state index in [1.807, 2.05) is 0 Å². The van der Waals surface area contributed by atoms with E-state index in [0.29, 0.717) is 10.0 Å². The third kappa shape index (κ3) is 3.87. The number of alkyl halides is 3. The van der Waals surface area contributed by atoms with Crippen molar-refractivity contribution < 1.29 is 18.1 Å². The molecule has 3 aromatic rings. The Balaban J connectivity index is 1.99. The topological polar surface area (TPSA) is 93.8 Å². The molecule has 0 spiro atoms. The van der Waals surface area contributed by atoms with Crippen molar-refractivity contribution in [3.63, 3.8) is 0 Å². The largest absolute Gasteiger partial charge is 0.451 e. The molecular weight excluding hydrogens is 419 g/mol. The van der Waals surface area contributed by atoms with Gasteiger partial charge in [-0.1, -0.05) is 12.1 Å². The van der Waals surface area contributed by atoms with Gasteiger partial charge in [0.25, 0.3) is 5.69 Å². The van der Waals surface area contributed by atoms with Crippen LogP contribution in [0.3, 0.4) is 0 Å². The summed E-state index contributed by atoms with van der Waals surface area (Å²) in [4.78, 5) is 21.1. The molecule has 2 aromatic heterocycles. The Morgan fingerprint density at radius 1 is 1.23 bits per heavy atom. The van der Waals surface area contributed by atoms with E-state index in [1.165, 1.54) is 30.5 Å². The number of hydrogen-bond acceptors (Lipinski definition) is 6. The Labute approximate surface area is 152 Å². The van der Waals surface area contributed by atoms with Crippen LogP contribution in [0.15, 0.2) is 41.0 Å². The first-order valence-electron chi connectivity index (χ1n) is 7.12. The van der Waals surface area contributed by atoms with Gasteiger partial charge < -0.3 is 5.32 Å². The number of hydrogen-bond donors (Lipinski definition) is 1. The summed E-state index contributed by atoms with van der Waals surface area (Å²) in [5.74, 6) is -1.39.